The van der Waals surface area contributed by atoms with Crippen LogP contribution < -0.4 is 10.1 Å². The number of carbonyl (C=O) groups excluding carboxylic acids is 2. The third-order valence-electron chi connectivity index (χ3n) is 3.84. The van der Waals surface area contributed by atoms with Crippen LogP contribution in [0.1, 0.15) is 30.1 Å². The summed E-state index contributed by atoms with van der Waals surface area (Å²) >= 11 is 1.52. The summed E-state index contributed by atoms with van der Waals surface area (Å²) in [5, 5.41) is 3.03. The van der Waals surface area contributed by atoms with Gasteiger partial charge >= 0.3 is 0 Å². The van der Waals surface area contributed by atoms with Crippen molar-refractivity contribution in [3.63, 3.8) is 0 Å². The van der Waals surface area contributed by atoms with Crippen molar-refractivity contribution < 1.29 is 14.3 Å². The van der Waals surface area contributed by atoms with Crippen LogP contribution in [-0.4, -0.2) is 54.5 Å². The minimum atomic E-state index is 0.00272. The number of hydrogen-bond donors (Lipinski definition) is 1. The van der Waals surface area contributed by atoms with E-state index < -0.39 is 0 Å². The average Bonchev–Trinajstić information content (AvgIpc) is 2.56. The van der Waals surface area contributed by atoms with Crippen molar-refractivity contribution in [1.29, 1.82) is 0 Å². The monoisotopic (exact) mass is 336 g/mol. The second-order valence-corrected chi connectivity index (χ2v) is 6.36. The molecule has 0 unspecified atom stereocenters. The van der Waals surface area contributed by atoms with E-state index in [1.54, 1.807) is 6.07 Å². The molecule has 1 aliphatic rings. The molecule has 1 saturated heterocycles. The number of ether oxygens (including phenoxy) is 1. The van der Waals surface area contributed by atoms with Gasteiger partial charge in [0.1, 0.15) is 5.75 Å². The quantitative estimate of drug-likeness (QED) is 0.865. The maximum atomic E-state index is 12.7. The summed E-state index contributed by atoms with van der Waals surface area (Å²) < 4.78 is 5.54. The van der Waals surface area contributed by atoms with Crippen LogP contribution in [0.25, 0.3) is 0 Å². The van der Waals surface area contributed by atoms with Crippen LogP contribution in [0.15, 0.2) is 24.3 Å². The average molecular weight is 336 g/mol. The molecule has 23 heavy (non-hydrogen) atoms. The van der Waals surface area contributed by atoms with Gasteiger partial charge in [-0.25, -0.2) is 0 Å². The van der Waals surface area contributed by atoms with Crippen molar-refractivity contribution in [1.82, 2.24) is 10.2 Å². The fourth-order valence-electron chi connectivity index (χ4n) is 2.72. The van der Waals surface area contributed by atoms with Crippen molar-refractivity contribution in [2.24, 2.45) is 0 Å². The Hall–Kier alpha value is -1.69. The Morgan fingerprint density at radius 1 is 1.30 bits per heavy atom. The minimum absolute atomic E-state index is 0.00272. The van der Waals surface area contributed by atoms with Crippen LogP contribution in [0.3, 0.4) is 0 Å². The van der Waals surface area contributed by atoms with Crippen LogP contribution in [0, 0.1) is 0 Å². The van der Waals surface area contributed by atoms with E-state index in [0.29, 0.717) is 36.8 Å². The SMILES string of the molecule is CCOc1ccccc1C(=O)N1CCC(NC(=O)CSC)CC1. The van der Waals surface area contributed by atoms with Gasteiger partial charge in [-0.2, -0.15) is 11.8 Å². The van der Waals surface area contributed by atoms with Crippen LogP contribution in [0.4, 0.5) is 0 Å². The molecular formula is C17H24N2O3S. The summed E-state index contributed by atoms with van der Waals surface area (Å²) in [6, 6.07) is 7.52. The van der Waals surface area contributed by atoms with Gasteiger partial charge in [-0.1, -0.05) is 12.1 Å². The number of carbonyl (C=O) groups is 2. The second kappa shape index (κ2) is 8.82. The van der Waals surface area contributed by atoms with Gasteiger partial charge in [0, 0.05) is 19.1 Å². The van der Waals surface area contributed by atoms with Crippen LogP contribution >= 0.6 is 11.8 Å². The molecule has 0 radical (unpaired) electrons. The molecule has 0 saturated carbocycles. The Bertz CT molecular complexity index is 542. The molecule has 0 aromatic heterocycles. The molecule has 1 aromatic rings. The van der Waals surface area contributed by atoms with E-state index in [1.807, 2.05) is 36.3 Å². The molecule has 2 rings (SSSR count). The molecule has 126 valence electrons. The maximum absolute atomic E-state index is 12.7. The lowest BCUT2D eigenvalue weighted by Gasteiger charge is -2.32. The first-order chi connectivity index (χ1) is 11.2. The number of rotatable bonds is 6. The Morgan fingerprint density at radius 3 is 2.65 bits per heavy atom. The lowest BCUT2D eigenvalue weighted by atomic mass is 10.0. The molecule has 0 bridgehead atoms. The van der Waals surface area contributed by atoms with Gasteiger partial charge in [-0.15, -0.1) is 0 Å². The zero-order valence-corrected chi connectivity index (χ0v) is 14.5. The van der Waals surface area contributed by atoms with Crippen molar-refractivity contribution in [2.45, 2.75) is 25.8 Å². The van der Waals surface area contributed by atoms with Crippen LogP contribution in [0.2, 0.25) is 0 Å². The fourth-order valence-corrected chi connectivity index (χ4v) is 3.07. The predicted octanol–water partition coefficient (Wildman–Crippen LogP) is 2.17. The van der Waals surface area contributed by atoms with E-state index in [4.69, 9.17) is 4.74 Å². The zero-order chi connectivity index (χ0) is 16.7. The molecule has 1 N–H and O–H groups in total. The van der Waals surface area contributed by atoms with Gasteiger partial charge in [0.15, 0.2) is 0 Å². The lowest BCUT2D eigenvalue weighted by Crippen LogP contribution is -2.47. The molecular weight excluding hydrogens is 312 g/mol. The predicted molar refractivity (Wildman–Crippen MR) is 93.1 cm³/mol. The number of hydrogen-bond acceptors (Lipinski definition) is 4. The van der Waals surface area contributed by atoms with E-state index in [-0.39, 0.29) is 17.9 Å². The van der Waals surface area contributed by atoms with Crippen molar-refractivity contribution in [2.75, 3.05) is 31.7 Å². The molecule has 0 spiro atoms. The minimum Gasteiger partial charge on any atom is -0.493 e. The summed E-state index contributed by atoms with van der Waals surface area (Å²) in [5.41, 5.74) is 0.610. The van der Waals surface area contributed by atoms with E-state index in [2.05, 4.69) is 5.32 Å². The summed E-state index contributed by atoms with van der Waals surface area (Å²) in [6.45, 7) is 3.75. The Morgan fingerprint density at radius 2 is 2.00 bits per heavy atom. The van der Waals surface area contributed by atoms with Gasteiger partial charge < -0.3 is 15.0 Å². The number of piperidine rings is 1. The van der Waals surface area contributed by atoms with Gasteiger partial charge in [-0.3, -0.25) is 9.59 Å². The van der Waals surface area contributed by atoms with Crippen molar-refractivity contribution in [3.05, 3.63) is 29.8 Å². The fraction of sp³-hybridized carbons (Fsp3) is 0.529. The largest absolute Gasteiger partial charge is 0.493 e. The molecule has 5 nitrogen and oxygen atoms in total. The van der Waals surface area contributed by atoms with Gasteiger partial charge in [0.05, 0.1) is 17.9 Å². The Kier molecular flexibility index (Phi) is 6.77. The molecule has 1 fully saturated rings. The number of nitrogens with one attached hydrogen (secondary N) is 1. The standard InChI is InChI=1S/C17H24N2O3S/c1-3-22-15-7-5-4-6-14(15)17(21)19-10-8-13(9-11-19)18-16(20)12-23-2/h4-7,13H,3,8-12H2,1-2H3,(H,18,20). The van der Waals surface area contributed by atoms with E-state index in [9.17, 15) is 9.59 Å². The summed E-state index contributed by atoms with van der Waals surface area (Å²) in [4.78, 5) is 26.2. The van der Waals surface area contributed by atoms with Crippen LogP contribution in [0.5, 0.6) is 5.75 Å². The third kappa shape index (κ3) is 4.89. The van der Waals surface area contributed by atoms with E-state index >= 15 is 0 Å². The van der Waals surface area contributed by atoms with Crippen LogP contribution in [-0.2, 0) is 4.79 Å². The first-order valence-corrected chi connectivity index (χ1v) is 9.34. The zero-order valence-electron chi connectivity index (χ0n) is 13.7. The first-order valence-electron chi connectivity index (χ1n) is 7.95. The van der Waals surface area contributed by atoms with E-state index in [0.717, 1.165) is 12.8 Å². The van der Waals surface area contributed by atoms with Gasteiger partial charge in [-0.05, 0) is 38.2 Å². The number of likely N-dealkylation sites (tertiary alicyclic amines) is 1. The molecule has 0 aliphatic carbocycles. The van der Waals surface area contributed by atoms with Gasteiger partial charge in [0.2, 0.25) is 5.91 Å². The third-order valence-corrected chi connectivity index (χ3v) is 4.39. The maximum Gasteiger partial charge on any atom is 0.257 e. The highest BCUT2D eigenvalue weighted by atomic mass is 32.2. The molecule has 1 aliphatic heterocycles. The Balaban J connectivity index is 1.92. The second-order valence-electron chi connectivity index (χ2n) is 5.50. The number of thioether (sulfide) groups is 1. The topological polar surface area (TPSA) is 58.6 Å². The number of amides is 2. The van der Waals surface area contributed by atoms with Crippen molar-refractivity contribution >= 4 is 23.6 Å². The van der Waals surface area contributed by atoms with Crippen molar-refractivity contribution in [3.8, 4) is 5.75 Å². The highest BCUT2D eigenvalue weighted by Gasteiger charge is 2.26. The first kappa shape index (κ1) is 17.7. The summed E-state index contributed by atoms with van der Waals surface area (Å²) in [5.74, 6) is 1.20. The number of benzene rings is 1. The lowest BCUT2D eigenvalue weighted by molar-refractivity contribution is -0.119. The highest BCUT2D eigenvalue weighted by Crippen LogP contribution is 2.22. The number of nitrogens with zero attached hydrogens (tertiary/aromatic N) is 1. The Labute approximate surface area is 141 Å². The molecule has 2 amide bonds. The molecule has 1 heterocycles. The summed E-state index contributed by atoms with van der Waals surface area (Å²) in [7, 11) is 0. The normalized spacial score (nSPS) is 15.3. The molecule has 6 heteroatoms. The number of para-hydroxylation sites is 1. The van der Waals surface area contributed by atoms with Gasteiger partial charge in [0.25, 0.3) is 5.91 Å². The molecule has 1 aromatic carbocycles. The van der Waals surface area contributed by atoms with E-state index in [1.165, 1.54) is 11.8 Å². The smallest absolute Gasteiger partial charge is 0.257 e. The summed E-state index contributed by atoms with van der Waals surface area (Å²) in [6.07, 6.45) is 3.50. The highest BCUT2D eigenvalue weighted by molar-refractivity contribution is 7.99. The molecule has 0 atom stereocenters.